The maximum Gasteiger partial charge on any atom is 0.341 e. The van der Waals surface area contributed by atoms with Crippen molar-refractivity contribution in [2.24, 2.45) is 0 Å². The number of aryl methyl sites for hydroxylation is 1. The van der Waals surface area contributed by atoms with Crippen molar-refractivity contribution in [1.82, 2.24) is 10.2 Å². The van der Waals surface area contributed by atoms with Gasteiger partial charge in [-0.2, -0.15) is 0 Å². The van der Waals surface area contributed by atoms with Gasteiger partial charge in [0.1, 0.15) is 5.00 Å². The lowest BCUT2D eigenvalue weighted by Crippen LogP contribution is -2.21. The molecule has 23 heavy (non-hydrogen) atoms. The van der Waals surface area contributed by atoms with E-state index >= 15 is 0 Å². The molecule has 2 rings (SSSR count). The molecule has 0 saturated heterocycles. The number of urea groups is 1. The fraction of sp³-hybridized carbons (Fsp3) is 0.286. The Hall–Kier alpha value is -2.68. The van der Waals surface area contributed by atoms with E-state index in [1.165, 1.54) is 18.4 Å². The van der Waals surface area contributed by atoms with E-state index in [4.69, 9.17) is 9.47 Å². The topological polar surface area (TPSA) is 102 Å². The Morgan fingerprint density at radius 3 is 2.65 bits per heavy atom. The maximum absolute atomic E-state index is 12.0. The van der Waals surface area contributed by atoms with Crippen LogP contribution in [0.25, 0.3) is 0 Å². The van der Waals surface area contributed by atoms with Crippen LogP contribution in [0.4, 0.5) is 15.6 Å². The number of methoxy groups -OCH3 is 1. The van der Waals surface area contributed by atoms with Gasteiger partial charge < -0.3 is 9.47 Å². The predicted octanol–water partition coefficient (Wildman–Crippen LogP) is 2.68. The lowest BCUT2D eigenvalue weighted by Gasteiger charge is -2.08. The average molecular weight is 336 g/mol. The Kier molecular flexibility index (Phi) is 5.47. The Bertz CT molecular complexity index is 699. The van der Waals surface area contributed by atoms with Crippen molar-refractivity contribution in [2.45, 2.75) is 13.8 Å². The van der Waals surface area contributed by atoms with Crippen molar-refractivity contribution in [3.05, 3.63) is 28.6 Å². The number of nitrogens with zero attached hydrogens (tertiary/aromatic N) is 2. The average Bonchev–Trinajstić information content (AvgIpc) is 2.88. The standard InChI is InChI=1S/C14H16N4O4S/c1-4-22-13(19)11-8(2)7-23-12(11)16-14(20)15-9-5-6-10(21-3)18-17-9/h5-7H,4H2,1-3H3,(H2,15,16,17,20). The summed E-state index contributed by atoms with van der Waals surface area (Å²) in [6, 6.07) is 2.59. The highest BCUT2D eigenvalue weighted by Gasteiger charge is 2.19. The van der Waals surface area contributed by atoms with Crippen LogP contribution in [-0.2, 0) is 4.74 Å². The van der Waals surface area contributed by atoms with Gasteiger partial charge in [0, 0.05) is 6.07 Å². The van der Waals surface area contributed by atoms with Gasteiger partial charge in [0.05, 0.1) is 19.3 Å². The molecule has 0 fully saturated rings. The number of rotatable bonds is 5. The zero-order valence-corrected chi connectivity index (χ0v) is 13.7. The van der Waals surface area contributed by atoms with Crippen molar-refractivity contribution in [1.29, 1.82) is 0 Å². The number of esters is 1. The number of anilines is 2. The highest BCUT2D eigenvalue weighted by Crippen LogP contribution is 2.28. The molecule has 2 heterocycles. The molecule has 0 aromatic carbocycles. The quantitative estimate of drug-likeness (QED) is 0.814. The van der Waals surface area contributed by atoms with Gasteiger partial charge in [-0.15, -0.1) is 21.5 Å². The molecule has 0 bridgehead atoms. The van der Waals surface area contributed by atoms with Crippen LogP contribution in [-0.4, -0.2) is 35.9 Å². The van der Waals surface area contributed by atoms with E-state index in [2.05, 4.69) is 20.8 Å². The van der Waals surface area contributed by atoms with Gasteiger partial charge in [0.2, 0.25) is 5.88 Å². The second kappa shape index (κ2) is 7.54. The van der Waals surface area contributed by atoms with E-state index < -0.39 is 12.0 Å². The van der Waals surface area contributed by atoms with Gasteiger partial charge in [-0.05, 0) is 30.9 Å². The van der Waals surface area contributed by atoms with Crippen LogP contribution in [0.1, 0.15) is 22.8 Å². The van der Waals surface area contributed by atoms with Crippen LogP contribution in [0.2, 0.25) is 0 Å². The molecule has 0 atom stereocenters. The molecule has 0 spiro atoms. The second-order valence-corrected chi connectivity index (χ2v) is 5.26. The molecule has 0 aliphatic rings. The normalized spacial score (nSPS) is 10.0. The summed E-state index contributed by atoms with van der Waals surface area (Å²) in [4.78, 5) is 23.9. The molecule has 9 heteroatoms. The smallest absolute Gasteiger partial charge is 0.341 e. The Balaban J connectivity index is 2.06. The number of hydrogen-bond acceptors (Lipinski definition) is 7. The van der Waals surface area contributed by atoms with E-state index in [0.717, 1.165) is 5.56 Å². The molecule has 0 saturated carbocycles. The van der Waals surface area contributed by atoms with E-state index in [0.29, 0.717) is 16.4 Å². The Morgan fingerprint density at radius 2 is 2.04 bits per heavy atom. The minimum Gasteiger partial charge on any atom is -0.480 e. The number of amides is 2. The van der Waals surface area contributed by atoms with Gasteiger partial charge in [0.15, 0.2) is 5.82 Å². The van der Waals surface area contributed by atoms with Gasteiger partial charge >= 0.3 is 12.0 Å². The van der Waals surface area contributed by atoms with Crippen molar-refractivity contribution in [3.63, 3.8) is 0 Å². The van der Waals surface area contributed by atoms with Crippen molar-refractivity contribution >= 4 is 34.2 Å². The van der Waals surface area contributed by atoms with E-state index in [1.54, 1.807) is 31.4 Å². The van der Waals surface area contributed by atoms with E-state index in [1.807, 2.05) is 0 Å². The van der Waals surface area contributed by atoms with Gasteiger partial charge in [-0.25, -0.2) is 9.59 Å². The molecular formula is C14H16N4O4S. The third kappa shape index (κ3) is 4.16. The van der Waals surface area contributed by atoms with E-state index in [-0.39, 0.29) is 12.4 Å². The maximum atomic E-state index is 12.0. The molecule has 2 aromatic rings. The number of thiophene rings is 1. The lowest BCUT2D eigenvalue weighted by molar-refractivity contribution is 0.0527. The number of ether oxygens (including phenoxy) is 2. The highest BCUT2D eigenvalue weighted by molar-refractivity contribution is 7.15. The third-order valence-electron chi connectivity index (χ3n) is 2.77. The highest BCUT2D eigenvalue weighted by atomic mass is 32.1. The summed E-state index contributed by atoms with van der Waals surface area (Å²) in [7, 11) is 1.47. The summed E-state index contributed by atoms with van der Waals surface area (Å²) in [5.41, 5.74) is 1.10. The summed E-state index contributed by atoms with van der Waals surface area (Å²) >= 11 is 1.25. The zero-order chi connectivity index (χ0) is 16.8. The van der Waals surface area contributed by atoms with E-state index in [9.17, 15) is 9.59 Å². The molecule has 0 unspecified atom stereocenters. The fourth-order valence-electron chi connectivity index (χ4n) is 1.74. The minimum atomic E-state index is -0.531. The first kappa shape index (κ1) is 16.7. The van der Waals surface area contributed by atoms with Gasteiger partial charge in [-0.1, -0.05) is 0 Å². The zero-order valence-electron chi connectivity index (χ0n) is 12.9. The van der Waals surface area contributed by atoms with Crippen molar-refractivity contribution in [3.8, 4) is 5.88 Å². The Morgan fingerprint density at radius 1 is 1.26 bits per heavy atom. The molecule has 0 radical (unpaired) electrons. The summed E-state index contributed by atoms with van der Waals surface area (Å²) in [6.45, 7) is 3.77. The predicted molar refractivity (Wildman–Crippen MR) is 86.2 cm³/mol. The number of carbonyl (C=O) groups excluding carboxylic acids is 2. The summed E-state index contributed by atoms with van der Waals surface area (Å²) in [5, 5.41) is 14.9. The first-order valence-corrected chi connectivity index (χ1v) is 7.64. The monoisotopic (exact) mass is 336 g/mol. The Labute approximate surface area is 136 Å². The minimum absolute atomic E-state index is 0.259. The second-order valence-electron chi connectivity index (χ2n) is 4.38. The molecule has 2 N–H and O–H groups in total. The summed E-state index contributed by atoms with van der Waals surface area (Å²) in [5.74, 6) is 0.134. The first-order valence-electron chi connectivity index (χ1n) is 6.76. The third-order valence-corrected chi connectivity index (χ3v) is 3.79. The molecule has 2 amide bonds. The number of aromatic nitrogens is 2. The summed E-state index contributed by atoms with van der Waals surface area (Å²) in [6.07, 6.45) is 0. The molecule has 2 aromatic heterocycles. The molecule has 0 aliphatic carbocycles. The van der Waals surface area contributed by atoms with Crippen LogP contribution < -0.4 is 15.4 Å². The van der Waals surface area contributed by atoms with Gasteiger partial charge in [-0.3, -0.25) is 10.6 Å². The van der Waals surface area contributed by atoms with Gasteiger partial charge in [0.25, 0.3) is 0 Å². The number of hydrogen-bond donors (Lipinski definition) is 2. The number of nitrogens with one attached hydrogen (secondary N) is 2. The van der Waals surface area contributed by atoms with Crippen LogP contribution in [0.3, 0.4) is 0 Å². The van der Waals surface area contributed by atoms with Crippen LogP contribution in [0.5, 0.6) is 5.88 Å². The fourth-order valence-corrected chi connectivity index (χ4v) is 2.67. The molecule has 122 valence electrons. The van der Waals surface area contributed by atoms with Crippen LogP contribution >= 0.6 is 11.3 Å². The molecular weight excluding hydrogens is 320 g/mol. The SMILES string of the molecule is CCOC(=O)c1c(C)csc1NC(=O)Nc1ccc(OC)nn1. The van der Waals surface area contributed by atoms with Crippen molar-refractivity contribution in [2.75, 3.05) is 24.4 Å². The van der Waals surface area contributed by atoms with Crippen LogP contribution in [0.15, 0.2) is 17.5 Å². The van der Waals surface area contributed by atoms with Crippen molar-refractivity contribution < 1.29 is 19.1 Å². The lowest BCUT2D eigenvalue weighted by atomic mass is 10.2. The number of carbonyl (C=O) groups is 2. The van der Waals surface area contributed by atoms with Crippen LogP contribution in [0, 0.1) is 6.92 Å². The molecule has 0 aliphatic heterocycles. The summed E-state index contributed by atoms with van der Waals surface area (Å²) < 4.78 is 9.88. The largest absolute Gasteiger partial charge is 0.480 e. The molecule has 8 nitrogen and oxygen atoms in total. The first-order chi connectivity index (χ1) is 11.0.